The van der Waals surface area contributed by atoms with Crippen LogP contribution >= 0.6 is 27.3 Å². The van der Waals surface area contributed by atoms with Crippen molar-refractivity contribution in [1.82, 2.24) is 15.3 Å². The molecule has 2 aromatic heterocycles. The van der Waals surface area contributed by atoms with Crippen LogP contribution in [0.3, 0.4) is 0 Å². The van der Waals surface area contributed by atoms with Gasteiger partial charge in [0.2, 0.25) is 0 Å². The molecule has 0 radical (unpaired) electrons. The van der Waals surface area contributed by atoms with Crippen molar-refractivity contribution in [3.05, 3.63) is 44.6 Å². The van der Waals surface area contributed by atoms with Gasteiger partial charge in [0.15, 0.2) is 0 Å². The van der Waals surface area contributed by atoms with Crippen LogP contribution in [0.2, 0.25) is 0 Å². The summed E-state index contributed by atoms with van der Waals surface area (Å²) in [5, 5.41) is 6.52. The second-order valence-corrected chi connectivity index (χ2v) is 5.91. The lowest BCUT2D eigenvalue weighted by Gasteiger charge is -2.15. The quantitative estimate of drug-likeness (QED) is 0.820. The van der Waals surface area contributed by atoms with Crippen LogP contribution in [0.5, 0.6) is 0 Å². The molecule has 1 atom stereocenters. The normalized spacial score (nSPS) is 12.6. The fourth-order valence-corrected chi connectivity index (χ4v) is 2.80. The van der Waals surface area contributed by atoms with Crippen molar-refractivity contribution in [2.24, 2.45) is 0 Å². The summed E-state index contributed by atoms with van der Waals surface area (Å²) in [6.45, 7) is 3.43. The van der Waals surface area contributed by atoms with E-state index < -0.39 is 0 Å². The molecule has 0 aliphatic carbocycles. The van der Waals surface area contributed by atoms with E-state index in [4.69, 9.17) is 4.74 Å². The third kappa shape index (κ3) is 4.07. The van der Waals surface area contributed by atoms with E-state index in [9.17, 15) is 0 Å². The molecule has 0 bridgehead atoms. The summed E-state index contributed by atoms with van der Waals surface area (Å²) in [4.78, 5) is 9.01. The molecule has 0 fully saturated rings. The summed E-state index contributed by atoms with van der Waals surface area (Å²) in [7, 11) is 1.70. The third-order valence-corrected chi connectivity index (χ3v) is 4.08. The summed E-state index contributed by atoms with van der Waals surface area (Å²) in [6, 6.07) is 4.01. The fourth-order valence-electron chi connectivity index (χ4n) is 1.69. The van der Waals surface area contributed by atoms with E-state index >= 15 is 0 Å². The minimum Gasteiger partial charge on any atom is -0.383 e. The maximum absolute atomic E-state index is 5.08. The van der Waals surface area contributed by atoms with Crippen LogP contribution in [0.25, 0.3) is 0 Å². The number of hydrogen-bond donors (Lipinski definition) is 1. The molecule has 0 saturated carbocycles. The molecule has 0 spiro atoms. The van der Waals surface area contributed by atoms with Crippen molar-refractivity contribution < 1.29 is 4.74 Å². The Kier molecular flexibility index (Phi) is 5.45. The topological polar surface area (TPSA) is 47.0 Å². The molecular weight excluding hydrogens is 326 g/mol. The number of aromatic nitrogens is 2. The highest BCUT2D eigenvalue weighted by molar-refractivity contribution is 9.10. The van der Waals surface area contributed by atoms with Gasteiger partial charge < -0.3 is 10.1 Å². The highest BCUT2D eigenvalue weighted by Gasteiger charge is 2.18. The minimum atomic E-state index is 0.0157. The Hall–Kier alpha value is -0.820. The van der Waals surface area contributed by atoms with E-state index in [1.807, 2.05) is 19.1 Å². The number of halogens is 1. The maximum Gasteiger partial charge on any atom is 0.116 e. The van der Waals surface area contributed by atoms with Gasteiger partial charge in [0.1, 0.15) is 11.0 Å². The van der Waals surface area contributed by atoms with E-state index in [2.05, 4.69) is 36.6 Å². The summed E-state index contributed by atoms with van der Waals surface area (Å²) < 4.78 is 6.06. The van der Waals surface area contributed by atoms with Crippen LogP contribution in [0.15, 0.2) is 28.2 Å². The Morgan fingerprint density at radius 3 is 2.89 bits per heavy atom. The predicted molar refractivity (Wildman–Crippen MR) is 80.5 cm³/mol. The maximum atomic E-state index is 5.08. The molecule has 4 nitrogen and oxygen atoms in total. The first-order valence-corrected chi connectivity index (χ1v) is 7.64. The molecule has 2 heterocycles. The molecule has 0 aliphatic rings. The molecule has 0 amide bonds. The summed E-state index contributed by atoms with van der Waals surface area (Å²) >= 11 is 5.05. The highest BCUT2D eigenvalue weighted by atomic mass is 79.9. The van der Waals surface area contributed by atoms with Crippen LogP contribution in [0.4, 0.5) is 0 Å². The predicted octanol–water partition coefficient (Wildman–Crippen LogP) is 2.93. The van der Waals surface area contributed by atoms with Crippen LogP contribution < -0.4 is 5.32 Å². The summed E-state index contributed by atoms with van der Waals surface area (Å²) in [5.41, 5.74) is 2.00. The van der Waals surface area contributed by atoms with Crippen molar-refractivity contribution in [2.75, 3.05) is 20.3 Å². The number of rotatable bonds is 6. The molecule has 0 aliphatic heterocycles. The molecule has 1 unspecified atom stereocenters. The van der Waals surface area contributed by atoms with Gasteiger partial charge >= 0.3 is 0 Å². The van der Waals surface area contributed by atoms with Gasteiger partial charge in [0.25, 0.3) is 0 Å². The average Bonchev–Trinajstić information content (AvgIpc) is 2.83. The van der Waals surface area contributed by atoms with Crippen molar-refractivity contribution >= 4 is 27.3 Å². The number of methoxy groups -OCH3 is 1. The van der Waals surface area contributed by atoms with E-state index in [1.165, 1.54) is 0 Å². The lowest BCUT2D eigenvalue weighted by atomic mass is 10.2. The van der Waals surface area contributed by atoms with Crippen molar-refractivity contribution in [1.29, 1.82) is 0 Å². The van der Waals surface area contributed by atoms with Crippen molar-refractivity contribution in [3.8, 4) is 0 Å². The molecule has 0 aromatic carbocycles. The third-order valence-electron chi connectivity index (χ3n) is 2.58. The van der Waals surface area contributed by atoms with Gasteiger partial charge in [0, 0.05) is 35.4 Å². The fraction of sp³-hybridized carbons (Fsp3) is 0.385. The van der Waals surface area contributed by atoms with Crippen LogP contribution in [-0.4, -0.2) is 30.2 Å². The van der Waals surface area contributed by atoms with E-state index in [0.717, 1.165) is 27.4 Å². The van der Waals surface area contributed by atoms with Gasteiger partial charge in [-0.05, 0) is 35.0 Å². The number of nitrogens with zero attached hydrogens (tertiary/aromatic N) is 2. The Balaban J connectivity index is 2.20. The van der Waals surface area contributed by atoms with Gasteiger partial charge in [-0.2, -0.15) is 0 Å². The highest BCUT2D eigenvalue weighted by Crippen LogP contribution is 2.24. The number of aryl methyl sites for hydroxylation is 1. The number of pyridine rings is 1. The first-order chi connectivity index (χ1) is 9.20. The Morgan fingerprint density at radius 2 is 2.32 bits per heavy atom. The molecule has 2 aromatic rings. The second-order valence-electron chi connectivity index (χ2n) is 4.11. The van der Waals surface area contributed by atoms with Gasteiger partial charge in [-0.25, -0.2) is 4.98 Å². The molecule has 6 heteroatoms. The Labute approximate surface area is 125 Å². The van der Waals surface area contributed by atoms with E-state index in [-0.39, 0.29) is 6.04 Å². The van der Waals surface area contributed by atoms with Gasteiger partial charge in [-0.3, -0.25) is 4.98 Å². The Morgan fingerprint density at radius 1 is 1.47 bits per heavy atom. The average molecular weight is 342 g/mol. The smallest absolute Gasteiger partial charge is 0.116 e. The SMILES string of the molecule is COCCNC(c1ccc(Br)cn1)c1nc(C)cs1. The lowest BCUT2D eigenvalue weighted by Crippen LogP contribution is -2.26. The number of ether oxygens (including phenoxy) is 1. The Bertz CT molecular complexity index is 515. The monoisotopic (exact) mass is 341 g/mol. The van der Waals surface area contributed by atoms with E-state index in [1.54, 1.807) is 24.6 Å². The molecule has 0 saturated heterocycles. The largest absolute Gasteiger partial charge is 0.383 e. The zero-order valence-corrected chi connectivity index (χ0v) is 13.3. The molecular formula is C13H16BrN3OS. The molecule has 1 N–H and O–H groups in total. The zero-order chi connectivity index (χ0) is 13.7. The second kappa shape index (κ2) is 7.09. The standard InChI is InChI=1S/C13H16BrN3OS/c1-9-8-19-13(17-9)12(15-5-6-18-2)11-4-3-10(14)7-16-11/h3-4,7-8,12,15H,5-6H2,1-2H3. The number of nitrogens with one attached hydrogen (secondary N) is 1. The van der Waals surface area contributed by atoms with Crippen molar-refractivity contribution in [2.45, 2.75) is 13.0 Å². The van der Waals surface area contributed by atoms with Crippen LogP contribution in [0.1, 0.15) is 22.4 Å². The number of hydrogen-bond acceptors (Lipinski definition) is 5. The summed E-state index contributed by atoms with van der Waals surface area (Å²) in [6.07, 6.45) is 1.81. The van der Waals surface area contributed by atoms with Gasteiger partial charge in [-0.1, -0.05) is 0 Å². The van der Waals surface area contributed by atoms with Crippen LogP contribution in [-0.2, 0) is 4.74 Å². The summed E-state index contributed by atoms with van der Waals surface area (Å²) in [5.74, 6) is 0. The van der Waals surface area contributed by atoms with Crippen molar-refractivity contribution in [3.63, 3.8) is 0 Å². The lowest BCUT2D eigenvalue weighted by molar-refractivity contribution is 0.197. The first kappa shape index (κ1) is 14.6. The molecule has 102 valence electrons. The zero-order valence-electron chi connectivity index (χ0n) is 10.9. The van der Waals surface area contributed by atoms with E-state index in [0.29, 0.717) is 6.61 Å². The molecule has 19 heavy (non-hydrogen) atoms. The number of thiazole rings is 1. The van der Waals surface area contributed by atoms with Gasteiger partial charge in [-0.15, -0.1) is 11.3 Å². The van der Waals surface area contributed by atoms with Crippen LogP contribution in [0, 0.1) is 6.92 Å². The molecule has 2 rings (SSSR count). The van der Waals surface area contributed by atoms with Gasteiger partial charge in [0.05, 0.1) is 12.3 Å². The first-order valence-electron chi connectivity index (χ1n) is 5.96. The minimum absolute atomic E-state index is 0.0157.